The number of amides is 2. The monoisotopic (exact) mass is 276 g/mol. The van der Waals surface area contributed by atoms with Crippen LogP contribution in [-0.2, 0) is 6.54 Å². The molecule has 1 fully saturated rings. The first-order valence-corrected chi connectivity index (χ1v) is 7.20. The Kier molecular flexibility index (Phi) is 5.59. The lowest BCUT2D eigenvalue weighted by atomic mass is 9.89. The zero-order valence-electron chi connectivity index (χ0n) is 11.6. The number of rotatable bonds is 4. The van der Waals surface area contributed by atoms with E-state index in [0.29, 0.717) is 11.5 Å². The normalized spacial score (nSPS) is 16.2. The summed E-state index contributed by atoms with van der Waals surface area (Å²) < 4.78 is 13.3. The van der Waals surface area contributed by atoms with E-state index in [0.717, 1.165) is 0 Å². The fourth-order valence-electron chi connectivity index (χ4n) is 2.45. The first-order valence-electron chi connectivity index (χ1n) is 7.20. The average molecular weight is 276 g/mol. The molecule has 0 heterocycles. The molecule has 3 nitrogen and oxygen atoms in total. The molecular formula is C16H21FN2O. The molecule has 0 bridgehead atoms. The number of benzene rings is 1. The second kappa shape index (κ2) is 7.68. The number of carbonyl (C=O) groups is 1. The van der Waals surface area contributed by atoms with Crippen LogP contribution in [0.4, 0.5) is 9.18 Å². The van der Waals surface area contributed by atoms with E-state index in [4.69, 9.17) is 0 Å². The maximum Gasteiger partial charge on any atom is 0.319 e. The van der Waals surface area contributed by atoms with Crippen molar-refractivity contribution >= 4 is 6.03 Å². The maximum atomic E-state index is 13.3. The highest BCUT2D eigenvalue weighted by Crippen LogP contribution is 2.24. The van der Waals surface area contributed by atoms with Crippen LogP contribution in [0.25, 0.3) is 0 Å². The molecule has 0 aromatic heterocycles. The Bertz CT molecular complexity index is 467. The van der Waals surface area contributed by atoms with Crippen LogP contribution in [0.2, 0.25) is 0 Å². The molecule has 0 radical (unpaired) electrons. The number of carbonyl (C=O) groups excluding carboxylic acids is 1. The highest BCUT2D eigenvalue weighted by Gasteiger charge is 2.09. The third-order valence-electron chi connectivity index (χ3n) is 3.63. The van der Waals surface area contributed by atoms with Gasteiger partial charge in [0.2, 0.25) is 0 Å². The van der Waals surface area contributed by atoms with Crippen molar-refractivity contribution in [2.75, 3.05) is 0 Å². The first kappa shape index (κ1) is 14.6. The summed E-state index contributed by atoms with van der Waals surface area (Å²) in [5.41, 5.74) is 0.485. The molecule has 2 rings (SSSR count). The summed E-state index contributed by atoms with van der Waals surface area (Å²) >= 11 is 0. The average Bonchev–Trinajstić information content (AvgIpc) is 2.47. The molecule has 0 atom stereocenters. The Morgan fingerprint density at radius 3 is 2.75 bits per heavy atom. The van der Waals surface area contributed by atoms with Crippen molar-refractivity contribution in [3.63, 3.8) is 0 Å². The van der Waals surface area contributed by atoms with Crippen molar-refractivity contribution in [3.05, 3.63) is 47.9 Å². The van der Waals surface area contributed by atoms with E-state index in [1.165, 1.54) is 38.2 Å². The molecule has 0 spiro atoms. The molecule has 0 saturated heterocycles. The van der Waals surface area contributed by atoms with Crippen LogP contribution in [0.5, 0.6) is 0 Å². The highest BCUT2D eigenvalue weighted by molar-refractivity contribution is 5.74. The number of nitrogens with one attached hydrogen (secondary N) is 2. The molecule has 108 valence electrons. The molecular weight excluding hydrogens is 255 g/mol. The van der Waals surface area contributed by atoms with Crippen molar-refractivity contribution in [1.29, 1.82) is 0 Å². The number of urea groups is 1. The molecule has 4 heteroatoms. The van der Waals surface area contributed by atoms with Gasteiger partial charge >= 0.3 is 6.03 Å². The fourth-order valence-corrected chi connectivity index (χ4v) is 2.45. The summed E-state index contributed by atoms with van der Waals surface area (Å²) in [5, 5.41) is 5.30. The Morgan fingerprint density at radius 2 is 2.00 bits per heavy atom. The number of hydrogen-bond acceptors (Lipinski definition) is 1. The molecule has 0 unspecified atom stereocenters. The van der Waals surface area contributed by atoms with Gasteiger partial charge in [0, 0.05) is 18.3 Å². The summed E-state index contributed by atoms with van der Waals surface area (Å²) in [5.74, 6) is 0.279. The summed E-state index contributed by atoms with van der Waals surface area (Å²) in [6, 6.07) is 6.12. The van der Waals surface area contributed by atoms with E-state index in [9.17, 15) is 9.18 Å². The first-order chi connectivity index (χ1) is 9.75. The van der Waals surface area contributed by atoms with Gasteiger partial charge in [-0.3, -0.25) is 0 Å². The van der Waals surface area contributed by atoms with Crippen LogP contribution in [0.15, 0.2) is 36.5 Å². The van der Waals surface area contributed by atoms with Crippen LogP contribution in [0, 0.1) is 11.7 Å². The maximum absolute atomic E-state index is 13.3. The van der Waals surface area contributed by atoms with Gasteiger partial charge in [-0.25, -0.2) is 9.18 Å². The lowest BCUT2D eigenvalue weighted by Gasteiger charge is -2.17. The SMILES string of the molecule is O=C(N/C=C/C1CCCCC1)NCc1ccccc1F. The van der Waals surface area contributed by atoms with Crippen LogP contribution in [-0.4, -0.2) is 6.03 Å². The van der Waals surface area contributed by atoms with Crippen molar-refractivity contribution in [1.82, 2.24) is 10.6 Å². The topological polar surface area (TPSA) is 41.1 Å². The van der Waals surface area contributed by atoms with Gasteiger partial charge in [-0.2, -0.15) is 0 Å². The number of hydrogen-bond donors (Lipinski definition) is 2. The van der Waals surface area contributed by atoms with Gasteiger partial charge in [0.25, 0.3) is 0 Å². The van der Waals surface area contributed by atoms with Crippen molar-refractivity contribution in [2.24, 2.45) is 5.92 Å². The Hall–Kier alpha value is -1.84. The zero-order valence-corrected chi connectivity index (χ0v) is 11.6. The van der Waals surface area contributed by atoms with Crippen LogP contribution < -0.4 is 10.6 Å². The molecule has 1 aliphatic rings. The molecule has 2 N–H and O–H groups in total. The Balaban J connectivity index is 1.70. The minimum absolute atomic E-state index is 0.190. The minimum atomic E-state index is -0.305. The minimum Gasteiger partial charge on any atom is -0.334 e. The summed E-state index contributed by atoms with van der Waals surface area (Å²) in [7, 11) is 0. The highest BCUT2D eigenvalue weighted by atomic mass is 19.1. The molecule has 2 amide bonds. The van der Waals surface area contributed by atoms with E-state index in [1.54, 1.807) is 24.4 Å². The second-order valence-corrected chi connectivity index (χ2v) is 5.18. The Morgan fingerprint density at radius 1 is 1.25 bits per heavy atom. The van der Waals surface area contributed by atoms with E-state index < -0.39 is 0 Å². The number of allylic oxidation sites excluding steroid dienone is 1. The third kappa shape index (κ3) is 4.68. The zero-order chi connectivity index (χ0) is 14.2. The molecule has 0 aliphatic heterocycles. The smallest absolute Gasteiger partial charge is 0.319 e. The quantitative estimate of drug-likeness (QED) is 0.864. The van der Waals surface area contributed by atoms with Crippen LogP contribution in [0.3, 0.4) is 0 Å². The van der Waals surface area contributed by atoms with E-state index in [2.05, 4.69) is 16.7 Å². The molecule has 20 heavy (non-hydrogen) atoms. The van der Waals surface area contributed by atoms with Gasteiger partial charge in [-0.05, 0) is 24.8 Å². The fraction of sp³-hybridized carbons (Fsp3) is 0.438. The summed E-state index contributed by atoms with van der Waals surface area (Å²) in [4.78, 5) is 11.6. The lowest BCUT2D eigenvalue weighted by Crippen LogP contribution is -2.32. The van der Waals surface area contributed by atoms with Gasteiger partial charge in [0.1, 0.15) is 5.82 Å². The predicted molar refractivity (Wildman–Crippen MR) is 77.5 cm³/mol. The van der Waals surface area contributed by atoms with Gasteiger partial charge < -0.3 is 10.6 Å². The Labute approximate surface area is 119 Å². The summed E-state index contributed by atoms with van der Waals surface area (Å²) in [6.45, 7) is 0.190. The largest absolute Gasteiger partial charge is 0.334 e. The van der Waals surface area contributed by atoms with Gasteiger partial charge in [-0.1, -0.05) is 43.5 Å². The van der Waals surface area contributed by atoms with E-state index >= 15 is 0 Å². The van der Waals surface area contributed by atoms with E-state index in [1.807, 2.05) is 0 Å². The van der Waals surface area contributed by atoms with Gasteiger partial charge in [-0.15, -0.1) is 0 Å². The van der Waals surface area contributed by atoms with Crippen molar-refractivity contribution in [3.8, 4) is 0 Å². The van der Waals surface area contributed by atoms with Crippen LogP contribution in [0.1, 0.15) is 37.7 Å². The van der Waals surface area contributed by atoms with Gasteiger partial charge in [0.15, 0.2) is 0 Å². The summed E-state index contributed by atoms with van der Waals surface area (Å²) in [6.07, 6.45) is 10.0. The predicted octanol–water partition coefficient (Wildman–Crippen LogP) is 3.72. The lowest BCUT2D eigenvalue weighted by molar-refractivity contribution is 0.243. The van der Waals surface area contributed by atoms with Crippen LogP contribution >= 0.6 is 0 Å². The number of halogens is 1. The van der Waals surface area contributed by atoms with E-state index in [-0.39, 0.29) is 18.4 Å². The molecule has 1 aromatic carbocycles. The van der Waals surface area contributed by atoms with Gasteiger partial charge in [0.05, 0.1) is 0 Å². The van der Waals surface area contributed by atoms with Crippen molar-refractivity contribution < 1.29 is 9.18 Å². The third-order valence-corrected chi connectivity index (χ3v) is 3.63. The van der Waals surface area contributed by atoms with Crippen molar-refractivity contribution in [2.45, 2.75) is 38.6 Å². The molecule has 1 aromatic rings. The molecule has 1 saturated carbocycles. The molecule has 1 aliphatic carbocycles. The standard InChI is InChI=1S/C16H21FN2O/c17-15-9-5-4-8-14(15)12-19-16(20)18-11-10-13-6-2-1-3-7-13/h4-5,8-11,13H,1-3,6-7,12H2,(H2,18,19,20)/b11-10+. The second-order valence-electron chi connectivity index (χ2n) is 5.18.